The zero-order chi connectivity index (χ0) is 25.5. The summed E-state index contributed by atoms with van der Waals surface area (Å²) in [7, 11) is 1.46. The molecule has 0 fully saturated rings. The first-order valence-electron chi connectivity index (χ1n) is 9.84. The molecule has 0 aromatic heterocycles. The lowest BCUT2D eigenvalue weighted by Crippen LogP contribution is -2.14. The highest BCUT2D eigenvalue weighted by Crippen LogP contribution is 2.38. The van der Waals surface area contributed by atoms with Crippen LogP contribution in [0, 0.1) is 21.4 Å². The number of hydrogen-bond acceptors (Lipinski definition) is 6. The molecule has 0 saturated carbocycles. The lowest BCUT2D eigenvalue weighted by atomic mass is 10.1. The Bertz CT molecular complexity index is 1370. The maximum Gasteiger partial charge on any atom is 0.271 e. The van der Waals surface area contributed by atoms with Crippen molar-refractivity contribution >= 4 is 62.5 Å². The van der Waals surface area contributed by atoms with Crippen LogP contribution < -0.4 is 14.8 Å². The van der Waals surface area contributed by atoms with Crippen LogP contribution in [0.25, 0.3) is 6.08 Å². The van der Waals surface area contributed by atoms with E-state index in [-0.39, 0.29) is 28.6 Å². The second kappa shape index (κ2) is 11.7. The van der Waals surface area contributed by atoms with Crippen molar-refractivity contribution < 1.29 is 19.2 Å². The maximum absolute atomic E-state index is 12.7. The van der Waals surface area contributed by atoms with Crippen molar-refractivity contribution in [2.24, 2.45) is 0 Å². The molecule has 35 heavy (non-hydrogen) atoms. The summed E-state index contributed by atoms with van der Waals surface area (Å²) >= 11 is 15.6. The van der Waals surface area contributed by atoms with Crippen molar-refractivity contribution in [3.05, 3.63) is 95.9 Å². The molecule has 1 N–H and O–H groups in total. The van der Waals surface area contributed by atoms with E-state index in [1.165, 1.54) is 25.3 Å². The number of non-ortho nitro benzene ring substituents is 1. The third kappa shape index (κ3) is 6.51. The topological polar surface area (TPSA) is 114 Å². The summed E-state index contributed by atoms with van der Waals surface area (Å²) in [6.45, 7) is 0.194. The van der Waals surface area contributed by atoms with Gasteiger partial charge in [-0.1, -0.05) is 41.4 Å². The molecule has 0 spiro atoms. The Labute approximate surface area is 219 Å². The van der Waals surface area contributed by atoms with E-state index >= 15 is 0 Å². The van der Waals surface area contributed by atoms with Crippen LogP contribution >= 0.6 is 39.1 Å². The Kier molecular flexibility index (Phi) is 8.71. The van der Waals surface area contributed by atoms with E-state index in [4.69, 9.17) is 32.7 Å². The SMILES string of the molecule is COc1cc(/C=C(\C#N)C(=O)Nc2cc([N+](=O)[O-])ccc2Cl)cc(Br)c1OCc1ccccc1Cl. The van der Waals surface area contributed by atoms with Gasteiger partial charge in [-0.3, -0.25) is 14.9 Å². The number of methoxy groups -OCH3 is 1. The molecule has 0 saturated heterocycles. The number of nitrogens with zero attached hydrogens (tertiary/aromatic N) is 2. The highest BCUT2D eigenvalue weighted by atomic mass is 79.9. The van der Waals surface area contributed by atoms with Crippen molar-refractivity contribution in [1.82, 2.24) is 0 Å². The molecule has 0 aliphatic rings. The second-order valence-corrected chi connectivity index (χ2v) is 8.63. The van der Waals surface area contributed by atoms with Gasteiger partial charge in [-0.15, -0.1) is 0 Å². The largest absolute Gasteiger partial charge is 0.493 e. The number of carbonyl (C=O) groups is 1. The van der Waals surface area contributed by atoms with Gasteiger partial charge < -0.3 is 14.8 Å². The molecule has 11 heteroatoms. The molecule has 0 bridgehead atoms. The molecule has 0 heterocycles. The average Bonchev–Trinajstić information content (AvgIpc) is 2.83. The summed E-state index contributed by atoms with van der Waals surface area (Å²) in [5.41, 5.74) is 0.750. The number of hydrogen-bond donors (Lipinski definition) is 1. The van der Waals surface area contributed by atoms with Crippen LogP contribution in [0.5, 0.6) is 11.5 Å². The Morgan fingerprint density at radius 3 is 2.60 bits per heavy atom. The van der Waals surface area contributed by atoms with Gasteiger partial charge in [0.25, 0.3) is 11.6 Å². The van der Waals surface area contributed by atoms with Gasteiger partial charge in [-0.05, 0) is 51.8 Å². The average molecular weight is 577 g/mol. The molecule has 8 nitrogen and oxygen atoms in total. The molecule has 0 radical (unpaired) electrons. The normalized spacial score (nSPS) is 10.9. The van der Waals surface area contributed by atoms with Crippen molar-refractivity contribution in [2.75, 3.05) is 12.4 Å². The fourth-order valence-electron chi connectivity index (χ4n) is 2.96. The highest BCUT2D eigenvalue weighted by molar-refractivity contribution is 9.10. The Balaban J connectivity index is 1.85. The van der Waals surface area contributed by atoms with Gasteiger partial charge in [0.1, 0.15) is 18.2 Å². The molecule has 178 valence electrons. The highest BCUT2D eigenvalue weighted by Gasteiger charge is 2.17. The van der Waals surface area contributed by atoms with Crippen molar-refractivity contribution in [3.63, 3.8) is 0 Å². The molecule has 0 aliphatic carbocycles. The number of rotatable bonds is 8. The van der Waals surface area contributed by atoms with Crippen LogP contribution in [0.4, 0.5) is 11.4 Å². The van der Waals surface area contributed by atoms with E-state index in [0.717, 1.165) is 11.6 Å². The number of amides is 1. The monoisotopic (exact) mass is 575 g/mol. The number of nitro benzene ring substituents is 1. The quantitative estimate of drug-likeness (QED) is 0.136. The van der Waals surface area contributed by atoms with Crippen molar-refractivity contribution in [3.8, 4) is 17.6 Å². The molecule has 0 atom stereocenters. The second-order valence-electron chi connectivity index (χ2n) is 6.96. The lowest BCUT2D eigenvalue weighted by Gasteiger charge is -2.14. The molecule has 3 aromatic rings. The van der Waals surface area contributed by atoms with Crippen LogP contribution in [-0.2, 0) is 11.4 Å². The van der Waals surface area contributed by atoms with E-state index in [9.17, 15) is 20.2 Å². The Morgan fingerprint density at radius 1 is 1.20 bits per heavy atom. The molecule has 3 rings (SSSR count). The summed E-state index contributed by atoms with van der Waals surface area (Å²) in [6, 6.07) is 15.9. The van der Waals surface area contributed by atoms with Crippen LogP contribution in [0.2, 0.25) is 10.0 Å². The molecule has 0 unspecified atom stereocenters. The summed E-state index contributed by atoms with van der Waals surface area (Å²) < 4.78 is 11.8. The first-order chi connectivity index (χ1) is 16.7. The maximum atomic E-state index is 12.7. The third-order valence-electron chi connectivity index (χ3n) is 4.67. The first-order valence-corrected chi connectivity index (χ1v) is 11.4. The molecule has 3 aromatic carbocycles. The summed E-state index contributed by atoms with van der Waals surface area (Å²) in [5.74, 6) is -0.0166. The van der Waals surface area contributed by atoms with Gasteiger partial charge in [-0.25, -0.2) is 0 Å². The smallest absolute Gasteiger partial charge is 0.271 e. The minimum Gasteiger partial charge on any atom is -0.493 e. The minimum absolute atomic E-state index is 0.00842. The zero-order valence-corrected chi connectivity index (χ0v) is 21.1. The summed E-state index contributed by atoms with van der Waals surface area (Å²) in [5, 5.41) is 23.6. The third-order valence-corrected chi connectivity index (χ3v) is 5.95. The summed E-state index contributed by atoms with van der Waals surface area (Å²) in [4.78, 5) is 23.0. The standard InChI is InChI=1S/C24H16BrCl2N3O5/c1-34-22-10-14(9-18(25)23(22)35-13-15-4-2-3-5-19(15)26)8-16(12-28)24(31)29-21-11-17(30(32)33)6-7-20(21)27/h2-11H,13H2,1H3,(H,29,31)/b16-8+. The molecule has 0 aliphatic heterocycles. The van der Waals surface area contributed by atoms with Crippen LogP contribution in [0.1, 0.15) is 11.1 Å². The van der Waals surface area contributed by atoms with E-state index in [2.05, 4.69) is 21.2 Å². The van der Waals surface area contributed by atoms with Gasteiger partial charge in [0.2, 0.25) is 0 Å². The Morgan fingerprint density at radius 2 is 1.94 bits per heavy atom. The first kappa shape index (κ1) is 26.0. The number of carbonyl (C=O) groups excluding carboxylic acids is 1. The van der Waals surface area contributed by atoms with Gasteiger partial charge in [0.15, 0.2) is 11.5 Å². The number of nitriles is 1. The van der Waals surface area contributed by atoms with E-state index in [0.29, 0.717) is 26.6 Å². The van der Waals surface area contributed by atoms with Gasteiger partial charge in [-0.2, -0.15) is 5.26 Å². The lowest BCUT2D eigenvalue weighted by molar-refractivity contribution is -0.384. The molecular formula is C24H16BrCl2N3O5. The number of halogens is 3. The van der Waals surface area contributed by atoms with Crippen molar-refractivity contribution in [1.29, 1.82) is 5.26 Å². The number of nitrogens with one attached hydrogen (secondary N) is 1. The predicted molar refractivity (Wildman–Crippen MR) is 137 cm³/mol. The number of anilines is 1. The van der Waals surface area contributed by atoms with Crippen LogP contribution in [0.3, 0.4) is 0 Å². The van der Waals surface area contributed by atoms with Gasteiger partial charge in [0.05, 0.1) is 27.2 Å². The van der Waals surface area contributed by atoms with E-state index in [1.807, 2.05) is 24.3 Å². The van der Waals surface area contributed by atoms with E-state index in [1.54, 1.807) is 18.2 Å². The zero-order valence-electron chi connectivity index (χ0n) is 18.1. The molecule has 1 amide bonds. The number of benzene rings is 3. The fraction of sp³-hybridized carbons (Fsp3) is 0.0833. The summed E-state index contributed by atoms with van der Waals surface area (Å²) in [6.07, 6.45) is 1.34. The molecular weight excluding hydrogens is 561 g/mol. The van der Waals surface area contributed by atoms with E-state index < -0.39 is 10.8 Å². The van der Waals surface area contributed by atoms with Gasteiger partial charge >= 0.3 is 0 Å². The predicted octanol–water partition coefficient (Wildman–Crippen LogP) is 6.80. The van der Waals surface area contributed by atoms with Crippen LogP contribution in [0.15, 0.2) is 64.6 Å². The minimum atomic E-state index is -0.788. The number of ether oxygens (including phenoxy) is 2. The van der Waals surface area contributed by atoms with Crippen molar-refractivity contribution in [2.45, 2.75) is 6.61 Å². The van der Waals surface area contributed by atoms with Crippen LogP contribution in [-0.4, -0.2) is 17.9 Å². The van der Waals surface area contributed by atoms with Gasteiger partial charge in [0, 0.05) is 22.7 Å². The number of nitro groups is 1. The Hall–Kier alpha value is -3.58. The fourth-order valence-corrected chi connectivity index (χ4v) is 3.89.